The van der Waals surface area contributed by atoms with Crippen molar-refractivity contribution in [2.24, 2.45) is 0 Å². The number of anilines is 2. The molecule has 7 heteroatoms. The van der Waals surface area contributed by atoms with Crippen LogP contribution in [0.15, 0.2) is 54.9 Å². The molecule has 0 aliphatic carbocycles. The van der Waals surface area contributed by atoms with Crippen LogP contribution in [0.5, 0.6) is 0 Å². The van der Waals surface area contributed by atoms with E-state index in [9.17, 15) is 4.79 Å². The third kappa shape index (κ3) is 2.59. The molecule has 3 aromatic heterocycles. The number of amides is 1. The standard InChI is InChI=1S/C20H18N6O/c1-24-10-6-12-26(19-18(24)22-14-7-2-3-8-15(14)23-19)20(27)16-13-25-11-5-4-9-17(25)21-16/h2-5,7-9,11,13H,6,10,12H2,1H3. The average Bonchev–Trinajstić information content (AvgIpc) is 3.07. The van der Waals surface area contributed by atoms with Crippen molar-refractivity contribution in [3.05, 3.63) is 60.6 Å². The monoisotopic (exact) mass is 358 g/mol. The molecule has 0 saturated heterocycles. The first kappa shape index (κ1) is 15.7. The molecule has 0 N–H and O–H groups in total. The van der Waals surface area contributed by atoms with Gasteiger partial charge in [0.1, 0.15) is 11.3 Å². The van der Waals surface area contributed by atoms with E-state index in [4.69, 9.17) is 9.97 Å². The molecule has 5 rings (SSSR count). The Morgan fingerprint density at radius 1 is 0.926 bits per heavy atom. The Hall–Kier alpha value is -3.48. The van der Waals surface area contributed by atoms with Gasteiger partial charge in [-0.1, -0.05) is 18.2 Å². The number of imidazole rings is 1. The van der Waals surface area contributed by atoms with Crippen molar-refractivity contribution in [3.63, 3.8) is 0 Å². The predicted octanol–water partition coefficient (Wildman–Crippen LogP) is 2.76. The zero-order valence-electron chi connectivity index (χ0n) is 14.9. The van der Waals surface area contributed by atoms with Crippen molar-refractivity contribution in [1.82, 2.24) is 19.4 Å². The highest BCUT2D eigenvalue weighted by atomic mass is 16.2. The second-order valence-electron chi connectivity index (χ2n) is 6.68. The van der Waals surface area contributed by atoms with Crippen LogP contribution >= 0.6 is 0 Å². The number of carbonyl (C=O) groups is 1. The van der Waals surface area contributed by atoms with Gasteiger partial charge in [-0.2, -0.15) is 0 Å². The van der Waals surface area contributed by atoms with Crippen LogP contribution in [0.2, 0.25) is 0 Å². The van der Waals surface area contributed by atoms with Gasteiger partial charge in [0, 0.05) is 32.5 Å². The highest BCUT2D eigenvalue weighted by molar-refractivity contribution is 6.06. The quantitative estimate of drug-likeness (QED) is 0.523. The van der Waals surface area contributed by atoms with Crippen LogP contribution in [-0.2, 0) is 0 Å². The smallest absolute Gasteiger partial charge is 0.279 e. The summed E-state index contributed by atoms with van der Waals surface area (Å²) in [5.74, 6) is 1.17. The summed E-state index contributed by atoms with van der Waals surface area (Å²) in [4.78, 5) is 31.1. The van der Waals surface area contributed by atoms with Gasteiger partial charge < -0.3 is 9.30 Å². The number of hydrogen-bond acceptors (Lipinski definition) is 5. The maximum atomic E-state index is 13.3. The van der Waals surface area contributed by atoms with Gasteiger partial charge >= 0.3 is 0 Å². The van der Waals surface area contributed by atoms with Gasteiger partial charge in [0.15, 0.2) is 11.6 Å². The second-order valence-corrected chi connectivity index (χ2v) is 6.68. The number of carbonyl (C=O) groups excluding carboxylic acids is 1. The molecule has 0 fully saturated rings. The molecule has 1 aliphatic rings. The first-order valence-corrected chi connectivity index (χ1v) is 8.94. The predicted molar refractivity (Wildman–Crippen MR) is 104 cm³/mol. The Balaban J connectivity index is 1.64. The molecule has 0 spiro atoms. The Bertz CT molecular complexity index is 1130. The normalized spacial score (nSPS) is 14.4. The van der Waals surface area contributed by atoms with Crippen LogP contribution in [0.25, 0.3) is 16.7 Å². The Morgan fingerprint density at radius 3 is 2.44 bits per heavy atom. The number of rotatable bonds is 1. The fraction of sp³-hybridized carbons (Fsp3) is 0.200. The molecule has 0 unspecified atom stereocenters. The molecule has 4 aromatic rings. The molecular weight excluding hydrogens is 340 g/mol. The van der Waals surface area contributed by atoms with Gasteiger partial charge in [-0.05, 0) is 30.7 Å². The van der Waals surface area contributed by atoms with Crippen molar-refractivity contribution in [1.29, 1.82) is 0 Å². The molecule has 1 amide bonds. The lowest BCUT2D eigenvalue weighted by atomic mass is 10.3. The average molecular weight is 358 g/mol. The molecule has 0 bridgehead atoms. The van der Waals surface area contributed by atoms with E-state index in [2.05, 4.69) is 9.88 Å². The molecule has 0 saturated carbocycles. The van der Waals surface area contributed by atoms with E-state index in [1.165, 1.54) is 0 Å². The first-order valence-electron chi connectivity index (χ1n) is 8.94. The highest BCUT2D eigenvalue weighted by Crippen LogP contribution is 2.31. The zero-order valence-corrected chi connectivity index (χ0v) is 14.9. The third-order valence-electron chi connectivity index (χ3n) is 4.86. The van der Waals surface area contributed by atoms with Gasteiger partial charge in [0.05, 0.1) is 11.0 Å². The van der Waals surface area contributed by atoms with E-state index in [0.29, 0.717) is 18.1 Å². The van der Waals surface area contributed by atoms with Crippen LogP contribution in [0.4, 0.5) is 11.6 Å². The minimum Gasteiger partial charge on any atom is -0.357 e. The molecule has 134 valence electrons. The molecule has 1 aromatic carbocycles. The third-order valence-corrected chi connectivity index (χ3v) is 4.86. The summed E-state index contributed by atoms with van der Waals surface area (Å²) in [5, 5.41) is 0. The zero-order chi connectivity index (χ0) is 18.4. The van der Waals surface area contributed by atoms with Gasteiger partial charge in [0.25, 0.3) is 5.91 Å². The van der Waals surface area contributed by atoms with Crippen molar-refractivity contribution in [3.8, 4) is 0 Å². The Morgan fingerprint density at radius 2 is 1.67 bits per heavy atom. The van der Waals surface area contributed by atoms with Crippen molar-refractivity contribution in [2.45, 2.75) is 6.42 Å². The van der Waals surface area contributed by atoms with Crippen molar-refractivity contribution >= 4 is 34.2 Å². The maximum Gasteiger partial charge on any atom is 0.279 e. The Kier molecular flexibility index (Phi) is 3.53. The molecule has 7 nitrogen and oxygen atoms in total. The molecule has 4 heterocycles. The lowest BCUT2D eigenvalue weighted by molar-refractivity contribution is 0.0982. The topological polar surface area (TPSA) is 66.6 Å². The van der Waals surface area contributed by atoms with Crippen LogP contribution in [0.3, 0.4) is 0 Å². The second kappa shape index (κ2) is 6.05. The van der Waals surface area contributed by atoms with Gasteiger partial charge in [-0.15, -0.1) is 0 Å². The summed E-state index contributed by atoms with van der Waals surface area (Å²) in [7, 11) is 1.99. The number of nitrogens with zero attached hydrogens (tertiary/aromatic N) is 6. The van der Waals surface area contributed by atoms with Gasteiger partial charge in [-0.25, -0.2) is 15.0 Å². The van der Waals surface area contributed by atoms with Gasteiger partial charge in [-0.3, -0.25) is 9.69 Å². The molecule has 27 heavy (non-hydrogen) atoms. The van der Waals surface area contributed by atoms with Crippen molar-refractivity contribution < 1.29 is 4.79 Å². The maximum absolute atomic E-state index is 13.3. The molecule has 0 radical (unpaired) electrons. The fourth-order valence-corrected chi connectivity index (χ4v) is 3.47. The Labute approximate surface area is 155 Å². The van der Waals surface area contributed by atoms with Crippen LogP contribution < -0.4 is 9.80 Å². The number of hydrogen-bond donors (Lipinski definition) is 0. The summed E-state index contributed by atoms with van der Waals surface area (Å²) in [6, 6.07) is 13.4. The summed E-state index contributed by atoms with van der Waals surface area (Å²) in [6.45, 7) is 1.39. The summed E-state index contributed by atoms with van der Waals surface area (Å²) >= 11 is 0. The first-order chi connectivity index (χ1) is 13.2. The minimum atomic E-state index is -0.153. The summed E-state index contributed by atoms with van der Waals surface area (Å²) < 4.78 is 1.85. The van der Waals surface area contributed by atoms with E-state index in [0.717, 1.165) is 35.5 Å². The summed E-state index contributed by atoms with van der Waals surface area (Å²) in [6.07, 6.45) is 4.49. The number of para-hydroxylation sites is 2. The fourth-order valence-electron chi connectivity index (χ4n) is 3.47. The van der Waals surface area contributed by atoms with E-state index < -0.39 is 0 Å². The highest BCUT2D eigenvalue weighted by Gasteiger charge is 2.28. The number of fused-ring (bicyclic) bond motifs is 3. The summed E-state index contributed by atoms with van der Waals surface area (Å²) in [5.41, 5.74) is 2.76. The SMILES string of the molecule is CN1CCCN(C(=O)c2cn3ccccc3n2)c2nc3ccccc3nc21. The van der Waals surface area contributed by atoms with Gasteiger partial charge in [0.2, 0.25) is 0 Å². The number of pyridine rings is 1. The molecular formula is C20H18N6O. The largest absolute Gasteiger partial charge is 0.357 e. The molecule has 0 atom stereocenters. The van der Waals surface area contributed by atoms with E-state index in [-0.39, 0.29) is 5.91 Å². The van der Waals surface area contributed by atoms with Crippen LogP contribution in [0, 0.1) is 0 Å². The number of aromatic nitrogens is 4. The lowest BCUT2D eigenvalue weighted by Gasteiger charge is -2.22. The van der Waals surface area contributed by atoms with Crippen LogP contribution in [-0.4, -0.2) is 45.4 Å². The minimum absolute atomic E-state index is 0.153. The van der Waals surface area contributed by atoms with Crippen LogP contribution in [0.1, 0.15) is 16.9 Å². The molecule has 1 aliphatic heterocycles. The number of benzene rings is 1. The lowest BCUT2D eigenvalue weighted by Crippen LogP contribution is -2.32. The van der Waals surface area contributed by atoms with E-state index >= 15 is 0 Å². The van der Waals surface area contributed by atoms with E-state index in [1.54, 1.807) is 11.1 Å². The van der Waals surface area contributed by atoms with E-state index in [1.807, 2.05) is 60.1 Å². The van der Waals surface area contributed by atoms with Crippen molar-refractivity contribution in [2.75, 3.05) is 29.9 Å².